The van der Waals surface area contributed by atoms with Crippen LogP contribution in [0.15, 0.2) is 24.3 Å². The van der Waals surface area contributed by atoms with Gasteiger partial charge in [0.15, 0.2) is 5.85 Å². The van der Waals surface area contributed by atoms with Crippen LogP contribution >= 0.6 is 16.2 Å². The number of hydrogen-bond acceptors (Lipinski definition) is 8. The van der Waals surface area contributed by atoms with E-state index in [1.54, 1.807) is 26.0 Å². The van der Waals surface area contributed by atoms with Crippen LogP contribution in [0, 0.1) is 16.6 Å². The second-order valence-electron chi connectivity index (χ2n) is 8.83. The number of rotatable bonds is 7. The number of carbonyl (C=O) groups is 1. The Kier molecular flexibility index (Phi) is 7.35. The van der Waals surface area contributed by atoms with E-state index in [2.05, 4.69) is 5.32 Å². The molecule has 0 bridgehead atoms. The van der Waals surface area contributed by atoms with Gasteiger partial charge in [0.1, 0.15) is 5.82 Å². The van der Waals surface area contributed by atoms with Crippen molar-refractivity contribution in [1.82, 2.24) is 5.32 Å². The van der Waals surface area contributed by atoms with Gasteiger partial charge in [-0.05, 0) is 31.5 Å². The van der Waals surface area contributed by atoms with Gasteiger partial charge in [-0.2, -0.15) is 0 Å². The molecule has 0 aliphatic carbocycles. The number of benzene rings is 1. The first kappa shape index (κ1) is 23.7. The van der Waals surface area contributed by atoms with Crippen molar-refractivity contribution in [2.75, 3.05) is 26.4 Å². The van der Waals surface area contributed by atoms with Crippen LogP contribution in [0.2, 0.25) is 0 Å². The van der Waals surface area contributed by atoms with Crippen LogP contribution in [-0.2, 0) is 38.5 Å². The molecule has 1 aromatic carbocycles. The maximum absolute atomic E-state index is 13.4. The van der Waals surface area contributed by atoms with Crippen LogP contribution in [-0.4, -0.2) is 38.2 Å². The van der Waals surface area contributed by atoms with E-state index in [1.165, 1.54) is 12.1 Å². The minimum Gasteiger partial charge on any atom is -0.389 e. The fourth-order valence-corrected chi connectivity index (χ4v) is 6.35. The molecule has 0 amide bonds. The van der Waals surface area contributed by atoms with Crippen molar-refractivity contribution in [2.45, 2.75) is 40.1 Å². The van der Waals surface area contributed by atoms with E-state index < -0.39 is 33.4 Å². The molecular formula is C19H28FNO7P2. The number of nitrogens with one attached hydrogen (secondary N) is 1. The maximum Gasteiger partial charge on any atom is 0.411 e. The maximum atomic E-state index is 13.4. The Morgan fingerprint density at radius 1 is 1.23 bits per heavy atom. The molecule has 1 aromatic rings. The van der Waals surface area contributed by atoms with Crippen molar-refractivity contribution in [1.29, 1.82) is 0 Å². The number of carbonyl (C=O) groups excluding carboxylic acids is 1. The summed E-state index contributed by atoms with van der Waals surface area (Å²) in [6, 6.07) is 6.11. The topological polar surface area (TPSA) is 92.3 Å². The zero-order valence-electron chi connectivity index (χ0n) is 17.6. The highest BCUT2D eigenvalue weighted by atomic mass is 31.2. The monoisotopic (exact) mass is 463 g/mol. The number of hydrogen-bond donors (Lipinski definition) is 1. The van der Waals surface area contributed by atoms with E-state index in [1.807, 2.05) is 13.8 Å². The summed E-state index contributed by atoms with van der Waals surface area (Å²) >= 11 is 0. The average Bonchev–Trinajstić information content (AvgIpc) is 2.66. The third-order valence-corrected chi connectivity index (χ3v) is 7.76. The molecule has 2 aliphatic heterocycles. The van der Waals surface area contributed by atoms with Gasteiger partial charge in [-0.3, -0.25) is 13.8 Å². The van der Waals surface area contributed by atoms with Crippen molar-refractivity contribution in [3.8, 4) is 0 Å². The Morgan fingerprint density at radius 3 is 2.57 bits per heavy atom. The fraction of sp³-hybridized carbons (Fsp3) is 0.632. The van der Waals surface area contributed by atoms with Crippen molar-refractivity contribution in [3.63, 3.8) is 0 Å². The molecule has 3 rings (SSSR count). The lowest BCUT2D eigenvalue weighted by atomic mass is 9.96. The van der Waals surface area contributed by atoms with Gasteiger partial charge >= 0.3 is 22.2 Å². The summed E-state index contributed by atoms with van der Waals surface area (Å²) in [7, 11) is -5.73. The minimum atomic E-state index is -3.94. The first-order valence-corrected chi connectivity index (χ1v) is 12.4. The molecule has 0 spiro atoms. The molecule has 2 heterocycles. The molecule has 2 fully saturated rings. The molecule has 0 radical (unpaired) electrons. The van der Waals surface area contributed by atoms with E-state index in [9.17, 15) is 13.8 Å². The predicted molar refractivity (Wildman–Crippen MR) is 109 cm³/mol. The van der Waals surface area contributed by atoms with Crippen LogP contribution < -0.4 is 5.32 Å². The van der Waals surface area contributed by atoms with Crippen LogP contribution in [0.4, 0.5) is 4.39 Å². The van der Waals surface area contributed by atoms with E-state index in [4.69, 9.17) is 22.6 Å². The van der Waals surface area contributed by atoms with Crippen molar-refractivity contribution in [2.24, 2.45) is 10.8 Å². The van der Waals surface area contributed by atoms with Crippen molar-refractivity contribution < 1.29 is 36.4 Å². The molecule has 2 saturated heterocycles. The molecule has 1 N–H and O–H groups in total. The lowest BCUT2D eigenvalue weighted by molar-refractivity contribution is -0.151. The van der Waals surface area contributed by atoms with Gasteiger partial charge in [0.2, 0.25) is 0 Å². The van der Waals surface area contributed by atoms with Gasteiger partial charge in [0.25, 0.3) is 0 Å². The summed E-state index contributed by atoms with van der Waals surface area (Å²) in [4.78, 5) is 12.3. The van der Waals surface area contributed by atoms with Crippen LogP contribution in [0.25, 0.3) is 0 Å². The summed E-state index contributed by atoms with van der Waals surface area (Å²) in [5.41, 5.74) is -0.358. The zero-order chi connectivity index (χ0) is 22.0. The highest BCUT2D eigenvalue weighted by Gasteiger charge is 2.51. The molecular weight excluding hydrogens is 435 g/mol. The Morgan fingerprint density at radius 2 is 1.93 bits per heavy atom. The quantitative estimate of drug-likeness (QED) is 0.597. The molecule has 0 saturated carbocycles. The first-order chi connectivity index (χ1) is 14.0. The third-order valence-electron chi connectivity index (χ3n) is 4.59. The van der Waals surface area contributed by atoms with E-state index >= 15 is 0 Å². The van der Waals surface area contributed by atoms with E-state index in [0.29, 0.717) is 25.3 Å². The summed E-state index contributed by atoms with van der Waals surface area (Å²) in [6.07, 6.45) is 0. The van der Waals surface area contributed by atoms with Gasteiger partial charge in [-0.1, -0.05) is 26.0 Å². The summed E-state index contributed by atoms with van der Waals surface area (Å²) in [6.45, 7) is 8.38. The molecule has 2 aliphatic rings. The molecule has 30 heavy (non-hydrogen) atoms. The van der Waals surface area contributed by atoms with Crippen LogP contribution in [0.1, 0.15) is 33.3 Å². The smallest absolute Gasteiger partial charge is 0.389 e. The minimum absolute atomic E-state index is 0.0243. The largest absolute Gasteiger partial charge is 0.411 e. The normalized spacial score (nSPS) is 27.4. The third kappa shape index (κ3) is 6.07. The highest BCUT2D eigenvalue weighted by molar-refractivity contribution is 7.55. The zero-order valence-corrected chi connectivity index (χ0v) is 19.3. The second-order valence-corrected chi connectivity index (χ2v) is 12.1. The number of halogens is 1. The lowest BCUT2D eigenvalue weighted by Gasteiger charge is -2.38. The van der Waals surface area contributed by atoms with Crippen LogP contribution in [0.3, 0.4) is 0 Å². The molecule has 8 nitrogen and oxygen atoms in total. The SMILES string of the molecule is CC1(C)COP(OC(CNCc2cccc(F)c2)P2(=O)OCC(C)(C)C(=O)O2)OC1. The van der Waals surface area contributed by atoms with Gasteiger partial charge < -0.3 is 18.9 Å². The Bertz CT molecular complexity index is 810. The Hall–Kier alpha value is -0.920. The highest BCUT2D eigenvalue weighted by Crippen LogP contribution is 2.62. The molecule has 2 unspecified atom stereocenters. The standard InChI is InChI=1S/C19H28FNO7P2/c1-18(2)11-24-29(25-12-18)27-16(10-21-9-14-6-5-7-15(20)8-14)30(23)26-13-19(3,4)17(22)28-30/h5-8,16,21H,9-13H2,1-4H3. The van der Waals surface area contributed by atoms with Gasteiger partial charge in [-0.25, -0.2) is 8.96 Å². The van der Waals surface area contributed by atoms with Gasteiger partial charge in [0, 0.05) is 18.5 Å². The summed E-state index contributed by atoms with van der Waals surface area (Å²) in [5, 5.41) is 3.06. The predicted octanol–water partition coefficient (Wildman–Crippen LogP) is 4.35. The van der Waals surface area contributed by atoms with Crippen molar-refractivity contribution in [3.05, 3.63) is 35.6 Å². The van der Waals surface area contributed by atoms with Crippen LogP contribution in [0.5, 0.6) is 0 Å². The van der Waals surface area contributed by atoms with E-state index in [-0.39, 0.29) is 24.4 Å². The summed E-state index contributed by atoms with van der Waals surface area (Å²) in [5.74, 6) is -2.09. The van der Waals surface area contributed by atoms with Gasteiger partial charge in [-0.15, -0.1) is 0 Å². The van der Waals surface area contributed by atoms with E-state index in [0.717, 1.165) is 0 Å². The fourth-order valence-electron chi connectivity index (χ4n) is 2.61. The Labute approximate surface area is 177 Å². The Balaban J connectivity index is 1.68. The molecule has 0 aromatic heterocycles. The summed E-state index contributed by atoms with van der Waals surface area (Å²) < 4.78 is 54.5. The first-order valence-electron chi connectivity index (χ1n) is 9.65. The lowest BCUT2D eigenvalue weighted by Crippen LogP contribution is -2.40. The van der Waals surface area contributed by atoms with Crippen molar-refractivity contribution >= 4 is 22.2 Å². The average molecular weight is 463 g/mol. The second kappa shape index (κ2) is 9.29. The van der Waals surface area contributed by atoms with Gasteiger partial charge in [0.05, 0.1) is 25.2 Å². The molecule has 11 heteroatoms. The molecule has 2 atom stereocenters. The molecule has 168 valence electrons.